The third kappa shape index (κ3) is 4.51. The Labute approximate surface area is 108 Å². The van der Waals surface area contributed by atoms with Crippen LogP contribution in [0.3, 0.4) is 0 Å². The lowest BCUT2D eigenvalue weighted by Crippen LogP contribution is -2.13. The molecule has 1 rings (SSSR count). The molecule has 1 unspecified atom stereocenters. The van der Waals surface area contributed by atoms with E-state index in [1.165, 1.54) is 0 Å². The van der Waals surface area contributed by atoms with Crippen molar-refractivity contribution in [1.29, 1.82) is 0 Å². The number of hydrogen-bond donors (Lipinski definition) is 2. The van der Waals surface area contributed by atoms with Crippen LogP contribution in [0.2, 0.25) is 5.02 Å². The van der Waals surface area contributed by atoms with Gasteiger partial charge in [-0.1, -0.05) is 11.6 Å². The average Bonchev–Trinajstić information content (AvgIpc) is 2.21. The number of anilines is 1. The van der Waals surface area contributed by atoms with Crippen LogP contribution in [-0.2, 0) is 4.79 Å². The quantitative estimate of drug-likeness (QED) is 0.897. The summed E-state index contributed by atoms with van der Waals surface area (Å²) in [5.41, 5.74) is 0.687. The van der Waals surface area contributed by atoms with E-state index in [0.29, 0.717) is 23.6 Å². The molecule has 1 amide bonds. The molecule has 0 saturated carbocycles. The highest BCUT2D eigenvalue weighted by Crippen LogP contribution is 2.25. The summed E-state index contributed by atoms with van der Waals surface area (Å²) < 4.78 is 0.738. The summed E-state index contributed by atoms with van der Waals surface area (Å²) in [6, 6.07) is 5.17. The van der Waals surface area contributed by atoms with Crippen LogP contribution >= 0.6 is 27.5 Å². The largest absolute Gasteiger partial charge is 0.393 e. The number of benzene rings is 1. The molecule has 0 aliphatic carbocycles. The monoisotopic (exact) mass is 305 g/mol. The van der Waals surface area contributed by atoms with Crippen LogP contribution in [0.5, 0.6) is 0 Å². The van der Waals surface area contributed by atoms with Gasteiger partial charge in [0.05, 0.1) is 11.1 Å². The van der Waals surface area contributed by atoms with E-state index in [9.17, 15) is 4.79 Å². The molecule has 0 saturated heterocycles. The fourth-order valence-corrected chi connectivity index (χ4v) is 1.63. The Balaban J connectivity index is 2.53. The lowest BCUT2D eigenvalue weighted by atomic mass is 10.2. The molecule has 1 aromatic rings. The molecule has 1 atom stereocenters. The van der Waals surface area contributed by atoms with Gasteiger partial charge in [-0.05, 0) is 47.5 Å². The van der Waals surface area contributed by atoms with Gasteiger partial charge in [-0.3, -0.25) is 4.79 Å². The second kappa shape index (κ2) is 6.23. The molecule has 0 bridgehead atoms. The van der Waals surface area contributed by atoms with Gasteiger partial charge >= 0.3 is 0 Å². The summed E-state index contributed by atoms with van der Waals surface area (Å²) in [6.07, 6.45) is 0.307. The molecule has 0 aromatic heterocycles. The predicted molar refractivity (Wildman–Crippen MR) is 68.7 cm³/mol. The maximum Gasteiger partial charge on any atom is 0.224 e. The number of amides is 1. The molecule has 88 valence electrons. The van der Waals surface area contributed by atoms with Crippen LogP contribution in [-0.4, -0.2) is 17.1 Å². The van der Waals surface area contributed by atoms with Crippen molar-refractivity contribution >= 4 is 39.1 Å². The first kappa shape index (κ1) is 13.5. The summed E-state index contributed by atoms with van der Waals surface area (Å²) in [5.74, 6) is -0.116. The number of carbonyl (C=O) groups excluding carboxylic acids is 1. The standard InChI is InChI=1S/C11H13BrClNO2/c1-7(15)2-5-11(16)14-8-3-4-10(13)9(12)6-8/h3-4,6-7,15H,2,5H2,1H3,(H,14,16). The first-order valence-corrected chi connectivity index (χ1v) is 6.09. The number of aliphatic hydroxyl groups excluding tert-OH is 1. The van der Waals surface area contributed by atoms with Crippen molar-refractivity contribution in [3.8, 4) is 0 Å². The van der Waals surface area contributed by atoms with E-state index in [4.69, 9.17) is 16.7 Å². The van der Waals surface area contributed by atoms with E-state index in [2.05, 4.69) is 21.2 Å². The molecule has 0 aliphatic heterocycles. The smallest absolute Gasteiger partial charge is 0.224 e. The van der Waals surface area contributed by atoms with E-state index in [1.54, 1.807) is 25.1 Å². The second-order valence-electron chi connectivity index (χ2n) is 3.56. The van der Waals surface area contributed by atoms with Gasteiger partial charge in [-0.25, -0.2) is 0 Å². The lowest BCUT2D eigenvalue weighted by Gasteiger charge is -2.07. The SMILES string of the molecule is CC(O)CCC(=O)Nc1ccc(Cl)c(Br)c1. The van der Waals surface area contributed by atoms with Crippen molar-refractivity contribution in [1.82, 2.24) is 0 Å². The molecule has 0 fully saturated rings. The van der Waals surface area contributed by atoms with Crippen LogP contribution in [0.1, 0.15) is 19.8 Å². The van der Waals surface area contributed by atoms with E-state index < -0.39 is 6.10 Å². The molecule has 0 aliphatic rings. The summed E-state index contributed by atoms with van der Waals surface area (Å²) in [5, 5.41) is 12.4. The number of halogens is 2. The highest BCUT2D eigenvalue weighted by atomic mass is 79.9. The van der Waals surface area contributed by atoms with Gasteiger partial charge in [0.15, 0.2) is 0 Å². The first-order valence-electron chi connectivity index (χ1n) is 4.92. The average molecular weight is 307 g/mol. The third-order valence-corrected chi connectivity index (χ3v) is 3.21. The zero-order valence-electron chi connectivity index (χ0n) is 8.84. The van der Waals surface area contributed by atoms with Crippen molar-refractivity contribution in [2.24, 2.45) is 0 Å². The molecule has 0 spiro atoms. The van der Waals surface area contributed by atoms with Crippen molar-refractivity contribution in [2.45, 2.75) is 25.9 Å². The van der Waals surface area contributed by atoms with Crippen LogP contribution in [0.15, 0.2) is 22.7 Å². The number of carbonyl (C=O) groups is 1. The minimum absolute atomic E-state index is 0.116. The molecular weight excluding hydrogens is 293 g/mol. The van der Waals surface area contributed by atoms with Crippen molar-refractivity contribution in [3.63, 3.8) is 0 Å². The van der Waals surface area contributed by atoms with Gasteiger partial charge in [0.25, 0.3) is 0 Å². The third-order valence-electron chi connectivity index (χ3n) is 1.99. The number of nitrogens with one attached hydrogen (secondary N) is 1. The minimum atomic E-state index is -0.456. The summed E-state index contributed by atoms with van der Waals surface area (Å²) in [4.78, 5) is 11.4. The first-order chi connectivity index (χ1) is 7.49. The molecule has 1 aromatic carbocycles. The fourth-order valence-electron chi connectivity index (χ4n) is 1.14. The summed E-state index contributed by atoms with van der Waals surface area (Å²) >= 11 is 9.10. The molecule has 2 N–H and O–H groups in total. The van der Waals surface area contributed by atoms with E-state index >= 15 is 0 Å². The van der Waals surface area contributed by atoms with Crippen LogP contribution in [0.4, 0.5) is 5.69 Å². The molecule has 3 nitrogen and oxygen atoms in total. The maximum absolute atomic E-state index is 11.4. The summed E-state index contributed by atoms with van der Waals surface area (Å²) in [7, 11) is 0. The Bertz CT molecular complexity index is 382. The Morgan fingerprint density at radius 1 is 1.62 bits per heavy atom. The highest BCUT2D eigenvalue weighted by molar-refractivity contribution is 9.10. The van der Waals surface area contributed by atoms with Crippen LogP contribution < -0.4 is 5.32 Å². The molecule has 0 heterocycles. The highest BCUT2D eigenvalue weighted by Gasteiger charge is 2.05. The van der Waals surface area contributed by atoms with E-state index in [0.717, 1.165) is 4.47 Å². The zero-order chi connectivity index (χ0) is 12.1. The van der Waals surface area contributed by atoms with E-state index in [-0.39, 0.29) is 5.91 Å². The van der Waals surface area contributed by atoms with Crippen molar-refractivity contribution < 1.29 is 9.90 Å². The van der Waals surface area contributed by atoms with Gasteiger partial charge in [0, 0.05) is 16.6 Å². The number of aliphatic hydroxyl groups is 1. The second-order valence-corrected chi connectivity index (χ2v) is 4.83. The fraction of sp³-hybridized carbons (Fsp3) is 0.364. The Kier molecular flexibility index (Phi) is 5.25. The predicted octanol–water partition coefficient (Wildman–Crippen LogP) is 3.20. The minimum Gasteiger partial charge on any atom is -0.393 e. The Morgan fingerprint density at radius 3 is 2.88 bits per heavy atom. The zero-order valence-corrected chi connectivity index (χ0v) is 11.2. The normalized spacial score (nSPS) is 12.2. The van der Waals surface area contributed by atoms with Crippen molar-refractivity contribution in [2.75, 3.05) is 5.32 Å². The molecule has 5 heteroatoms. The van der Waals surface area contributed by atoms with Gasteiger partial charge in [0.2, 0.25) is 5.91 Å². The molecule has 16 heavy (non-hydrogen) atoms. The van der Waals surface area contributed by atoms with Gasteiger partial charge < -0.3 is 10.4 Å². The summed E-state index contributed by atoms with van der Waals surface area (Å²) in [6.45, 7) is 1.66. The molecular formula is C11H13BrClNO2. The number of rotatable bonds is 4. The van der Waals surface area contributed by atoms with Gasteiger partial charge in [0.1, 0.15) is 0 Å². The van der Waals surface area contributed by atoms with E-state index in [1.807, 2.05) is 0 Å². The van der Waals surface area contributed by atoms with Gasteiger partial charge in [-0.15, -0.1) is 0 Å². The number of hydrogen-bond acceptors (Lipinski definition) is 2. The molecule has 0 radical (unpaired) electrons. The van der Waals surface area contributed by atoms with Crippen LogP contribution in [0, 0.1) is 0 Å². The Morgan fingerprint density at radius 2 is 2.31 bits per heavy atom. The lowest BCUT2D eigenvalue weighted by molar-refractivity contribution is -0.116. The maximum atomic E-state index is 11.4. The van der Waals surface area contributed by atoms with Crippen molar-refractivity contribution in [3.05, 3.63) is 27.7 Å². The van der Waals surface area contributed by atoms with Crippen LogP contribution in [0.25, 0.3) is 0 Å². The topological polar surface area (TPSA) is 49.3 Å². The Hall–Kier alpha value is -0.580. The van der Waals surface area contributed by atoms with Gasteiger partial charge in [-0.2, -0.15) is 0 Å².